The zero-order valence-corrected chi connectivity index (χ0v) is 9.42. The third-order valence-electron chi connectivity index (χ3n) is 1.56. The predicted molar refractivity (Wildman–Crippen MR) is 53.4 cm³/mol. The molecule has 0 radical (unpaired) electrons. The Morgan fingerprint density at radius 2 is 1.55 bits per heavy atom. The van der Waals surface area contributed by atoms with Gasteiger partial charge >= 0.3 is 0 Å². The lowest BCUT2D eigenvalue weighted by Crippen LogP contribution is -2.00. The standard InChI is InChI=1S/C7H15Cl2OP/c1-3-5-11(10,6-4-2)7(8)9/h7H,3-6H2,1-2H3. The molecule has 0 saturated carbocycles. The fraction of sp³-hybridized carbons (Fsp3) is 1.00. The molecule has 0 N–H and O–H groups in total. The Kier molecular flexibility index (Phi) is 5.86. The summed E-state index contributed by atoms with van der Waals surface area (Å²) in [6.45, 7) is 4.00. The molecule has 0 unspecified atom stereocenters. The molecule has 0 aromatic heterocycles. The summed E-state index contributed by atoms with van der Waals surface area (Å²) in [6.07, 6.45) is 3.15. The van der Waals surface area contributed by atoms with Crippen LogP contribution < -0.4 is 0 Å². The van der Waals surface area contributed by atoms with E-state index >= 15 is 0 Å². The fourth-order valence-electron chi connectivity index (χ4n) is 1.06. The monoisotopic (exact) mass is 216 g/mol. The van der Waals surface area contributed by atoms with Crippen molar-refractivity contribution in [2.24, 2.45) is 0 Å². The van der Waals surface area contributed by atoms with Gasteiger partial charge in [0, 0.05) is 12.3 Å². The summed E-state index contributed by atoms with van der Waals surface area (Å²) in [5.41, 5.74) is 0. The van der Waals surface area contributed by atoms with Crippen LogP contribution in [0.15, 0.2) is 0 Å². The molecule has 0 heterocycles. The van der Waals surface area contributed by atoms with Gasteiger partial charge in [-0.05, 0) is 12.8 Å². The highest BCUT2D eigenvalue weighted by Crippen LogP contribution is 2.55. The molecule has 0 spiro atoms. The van der Waals surface area contributed by atoms with Crippen molar-refractivity contribution in [2.75, 3.05) is 12.3 Å². The maximum absolute atomic E-state index is 11.8. The van der Waals surface area contributed by atoms with Crippen molar-refractivity contribution in [1.29, 1.82) is 0 Å². The normalized spacial score (nSPS) is 12.5. The lowest BCUT2D eigenvalue weighted by molar-refractivity contribution is 0.574. The summed E-state index contributed by atoms with van der Waals surface area (Å²) in [6, 6.07) is 0. The van der Waals surface area contributed by atoms with Gasteiger partial charge in [-0.3, -0.25) is 0 Å². The van der Waals surface area contributed by atoms with E-state index in [2.05, 4.69) is 0 Å². The molecule has 0 amide bonds. The molecule has 11 heavy (non-hydrogen) atoms. The molecule has 0 aliphatic rings. The molecule has 0 aromatic rings. The molecule has 0 rings (SSSR count). The largest absolute Gasteiger partial charge is 0.321 e. The van der Waals surface area contributed by atoms with Gasteiger partial charge in [-0.15, -0.1) is 0 Å². The van der Waals surface area contributed by atoms with Gasteiger partial charge in [-0.2, -0.15) is 0 Å². The lowest BCUT2D eigenvalue weighted by Gasteiger charge is -2.17. The molecule has 0 aliphatic carbocycles. The lowest BCUT2D eigenvalue weighted by atomic mass is 10.6. The van der Waals surface area contributed by atoms with Crippen LogP contribution in [-0.2, 0) is 4.57 Å². The summed E-state index contributed by atoms with van der Waals surface area (Å²) in [7, 11) is -2.26. The van der Waals surface area contributed by atoms with Crippen LogP contribution >= 0.6 is 30.3 Å². The van der Waals surface area contributed by atoms with E-state index in [1.54, 1.807) is 0 Å². The SMILES string of the molecule is CCCP(=O)(CCC)C(Cl)Cl. The van der Waals surface area contributed by atoms with Crippen LogP contribution in [0.5, 0.6) is 0 Å². The molecule has 0 saturated heterocycles. The van der Waals surface area contributed by atoms with E-state index in [4.69, 9.17) is 23.2 Å². The van der Waals surface area contributed by atoms with Gasteiger partial charge in [0.05, 0.1) is 0 Å². The first-order valence-electron chi connectivity index (χ1n) is 3.92. The highest BCUT2D eigenvalue weighted by molar-refractivity contribution is 7.68. The Bertz CT molecular complexity index is 137. The predicted octanol–water partition coefficient (Wildman–Crippen LogP) is 3.93. The number of hydrogen-bond acceptors (Lipinski definition) is 1. The van der Waals surface area contributed by atoms with Crippen molar-refractivity contribution >= 4 is 30.3 Å². The van der Waals surface area contributed by atoms with E-state index in [1.807, 2.05) is 13.8 Å². The highest BCUT2D eigenvalue weighted by atomic mass is 35.5. The third kappa shape index (κ3) is 3.83. The average Bonchev–Trinajstić information content (AvgIpc) is 1.88. The van der Waals surface area contributed by atoms with Gasteiger partial charge in [0.2, 0.25) is 0 Å². The van der Waals surface area contributed by atoms with E-state index < -0.39 is 11.7 Å². The molecule has 0 fully saturated rings. The Morgan fingerprint density at radius 1 is 1.18 bits per heavy atom. The second-order valence-electron chi connectivity index (χ2n) is 2.68. The fourth-order valence-corrected chi connectivity index (χ4v) is 4.36. The summed E-state index contributed by atoms with van der Waals surface area (Å²) in [5.74, 6) is 0. The topological polar surface area (TPSA) is 17.1 Å². The zero-order valence-electron chi connectivity index (χ0n) is 7.02. The Balaban J connectivity index is 4.14. The van der Waals surface area contributed by atoms with E-state index in [0.717, 1.165) is 12.8 Å². The first kappa shape index (κ1) is 11.8. The Labute approximate surface area is 78.8 Å². The maximum atomic E-state index is 11.8. The summed E-state index contributed by atoms with van der Waals surface area (Å²) >= 11 is 11.3. The molecular formula is C7H15Cl2OP. The van der Waals surface area contributed by atoms with E-state index in [9.17, 15) is 4.57 Å². The van der Waals surface area contributed by atoms with Crippen LogP contribution in [0.4, 0.5) is 0 Å². The molecule has 0 aliphatic heterocycles. The van der Waals surface area contributed by atoms with Crippen molar-refractivity contribution in [3.8, 4) is 0 Å². The molecule has 0 atom stereocenters. The first-order chi connectivity index (χ1) is 5.06. The summed E-state index contributed by atoms with van der Waals surface area (Å²) in [4.78, 5) is 0. The number of hydrogen-bond donors (Lipinski definition) is 0. The van der Waals surface area contributed by atoms with Crippen molar-refractivity contribution in [3.63, 3.8) is 0 Å². The summed E-state index contributed by atoms with van der Waals surface area (Å²) < 4.78 is 11.2. The second kappa shape index (κ2) is 5.45. The zero-order chi connectivity index (χ0) is 8.91. The van der Waals surface area contributed by atoms with Gasteiger partial charge in [-0.1, -0.05) is 37.0 Å². The quantitative estimate of drug-likeness (QED) is 0.503. The highest BCUT2D eigenvalue weighted by Gasteiger charge is 2.27. The number of halogens is 2. The maximum Gasteiger partial charge on any atom is 0.160 e. The Morgan fingerprint density at radius 3 is 1.73 bits per heavy atom. The minimum atomic E-state index is -2.26. The van der Waals surface area contributed by atoms with E-state index in [0.29, 0.717) is 12.3 Å². The van der Waals surface area contributed by atoms with E-state index in [-0.39, 0.29) is 0 Å². The minimum absolute atomic E-state index is 0.664. The number of rotatable bonds is 5. The van der Waals surface area contributed by atoms with Crippen LogP contribution in [-0.4, -0.2) is 16.9 Å². The third-order valence-corrected chi connectivity index (χ3v) is 6.81. The second-order valence-corrected chi connectivity index (χ2v) is 7.70. The van der Waals surface area contributed by atoms with Gasteiger partial charge in [0.15, 0.2) is 4.58 Å². The molecule has 0 aromatic carbocycles. The minimum Gasteiger partial charge on any atom is -0.321 e. The van der Waals surface area contributed by atoms with Gasteiger partial charge in [0.1, 0.15) is 7.14 Å². The molecule has 1 nitrogen and oxygen atoms in total. The van der Waals surface area contributed by atoms with Crippen LogP contribution in [0.3, 0.4) is 0 Å². The van der Waals surface area contributed by atoms with Crippen LogP contribution in [0, 0.1) is 0 Å². The molecule has 4 heteroatoms. The van der Waals surface area contributed by atoms with Crippen LogP contribution in [0.1, 0.15) is 26.7 Å². The molecule has 68 valence electrons. The van der Waals surface area contributed by atoms with Gasteiger partial charge in [0.25, 0.3) is 0 Å². The van der Waals surface area contributed by atoms with Crippen molar-refractivity contribution in [3.05, 3.63) is 0 Å². The van der Waals surface area contributed by atoms with Gasteiger partial charge in [-0.25, -0.2) is 0 Å². The smallest absolute Gasteiger partial charge is 0.160 e. The van der Waals surface area contributed by atoms with Crippen molar-refractivity contribution in [2.45, 2.75) is 31.3 Å². The van der Waals surface area contributed by atoms with Crippen molar-refractivity contribution in [1.82, 2.24) is 0 Å². The molecular weight excluding hydrogens is 202 g/mol. The van der Waals surface area contributed by atoms with Crippen LogP contribution in [0.2, 0.25) is 0 Å². The van der Waals surface area contributed by atoms with E-state index in [1.165, 1.54) is 0 Å². The summed E-state index contributed by atoms with van der Waals surface area (Å²) in [5, 5.41) is 0. The number of alkyl halides is 2. The first-order valence-corrected chi connectivity index (χ1v) is 6.94. The van der Waals surface area contributed by atoms with Crippen LogP contribution in [0.25, 0.3) is 0 Å². The average molecular weight is 217 g/mol. The van der Waals surface area contributed by atoms with Crippen molar-refractivity contribution < 1.29 is 4.57 Å². The van der Waals surface area contributed by atoms with Gasteiger partial charge < -0.3 is 4.57 Å². The molecule has 0 bridgehead atoms. The Hall–Kier alpha value is 0.810.